The Balaban J connectivity index is 2.10. The van der Waals surface area contributed by atoms with E-state index in [1.54, 1.807) is 11.9 Å². The van der Waals surface area contributed by atoms with Crippen LogP contribution in [-0.4, -0.2) is 32.7 Å². The quantitative estimate of drug-likeness (QED) is 0.876. The fraction of sp³-hybridized carbons (Fsp3) is 0.533. The number of nitrogens with zero attached hydrogens (tertiary/aromatic N) is 1. The molecule has 0 aromatic heterocycles. The van der Waals surface area contributed by atoms with E-state index in [-0.39, 0.29) is 5.91 Å². The van der Waals surface area contributed by atoms with Gasteiger partial charge in [-0.15, -0.1) is 0 Å². The number of nitrogens with two attached hydrogens (primary N) is 1. The molecule has 0 unspecified atom stereocenters. The molecule has 1 amide bonds. The van der Waals surface area contributed by atoms with Crippen molar-refractivity contribution in [2.24, 2.45) is 11.1 Å². The maximum atomic E-state index is 12.5. The molecule has 0 spiro atoms. The Labute approximate surface area is 114 Å². The molecule has 0 aliphatic carbocycles. The van der Waals surface area contributed by atoms with Crippen molar-refractivity contribution in [3.8, 4) is 0 Å². The van der Waals surface area contributed by atoms with Crippen LogP contribution in [0.5, 0.6) is 0 Å². The number of carbonyl (C=O) groups is 1. The van der Waals surface area contributed by atoms with Crippen molar-refractivity contribution in [2.75, 3.05) is 31.7 Å². The van der Waals surface area contributed by atoms with Crippen LogP contribution in [-0.2, 0) is 16.0 Å². The number of rotatable bonds is 5. The molecule has 4 heteroatoms. The molecule has 4 nitrogen and oxygen atoms in total. The Bertz CT molecular complexity index is 432. The molecule has 1 aliphatic rings. The van der Waals surface area contributed by atoms with Crippen LogP contribution in [0.4, 0.5) is 5.69 Å². The first-order chi connectivity index (χ1) is 9.13. The molecule has 104 valence electrons. The summed E-state index contributed by atoms with van der Waals surface area (Å²) in [4.78, 5) is 14.1. The number of hydrogen-bond acceptors (Lipinski definition) is 3. The second kappa shape index (κ2) is 5.72. The van der Waals surface area contributed by atoms with Gasteiger partial charge in [0, 0.05) is 19.3 Å². The van der Waals surface area contributed by atoms with Gasteiger partial charge >= 0.3 is 0 Å². The third-order valence-electron chi connectivity index (χ3n) is 3.77. The molecular weight excluding hydrogens is 240 g/mol. The van der Waals surface area contributed by atoms with Crippen molar-refractivity contribution < 1.29 is 9.53 Å². The van der Waals surface area contributed by atoms with Crippen molar-refractivity contribution in [1.29, 1.82) is 0 Å². The Morgan fingerprint density at radius 3 is 2.42 bits per heavy atom. The average molecular weight is 262 g/mol. The lowest BCUT2D eigenvalue weighted by atomic mass is 9.84. The van der Waals surface area contributed by atoms with E-state index in [0.717, 1.165) is 18.5 Å². The third kappa shape index (κ3) is 2.65. The summed E-state index contributed by atoms with van der Waals surface area (Å²) in [6.45, 7) is 3.36. The van der Waals surface area contributed by atoms with Crippen LogP contribution < -0.4 is 10.6 Å². The molecule has 1 aromatic rings. The number of ether oxygens (including phenoxy) is 1. The highest BCUT2D eigenvalue weighted by atomic mass is 16.5. The highest BCUT2D eigenvalue weighted by Crippen LogP contribution is 2.30. The summed E-state index contributed by atoms with van der Waals surface area (Å²) in [7, 11) is 1.80. The van der Waals surface area contributed by atoms with Crippen LogP contribution in [0.3, 0.4) is 0 Å². The van der Waals surface area contributed by atoms with Crippen molar-refractivity contribution in [3.05, 3.63) is 29.8 Å². The van der Waals surface area contributed by atoms with Gasteiger partial charge in [0.1, 0.15) is 5.41 Å². The van der Waals surface area contributed by atoms with E-state index in [0.29, 0.717) is 19.8 Å². The molecule has 2 rings (SSSR count). The lowest BCUT2D eigenvalue weighted by molar-refractivity contribution is -0.156. The summed E-state index contributed by atoms with van der Waals surface area (Å²) < 4.78 is 5.16. The first kappa shape index (κ1) is 14.0. The number of amides is 1. The Kier molecular flexibility index (Phi) is 4.22. The summed E-state index contributed by atoms with van der Waals surface area (Å²) in [5.41, 5.74) is 7.41. The van der Waals surface area contributed by atoms with Crippen LogP contribution in [0.15, 0.2) is 24.3 Å². The maximum absolute atomic E-state index is 12.5. The van der Waals surface area contributed by atoms with E-state index >= 15 is 0 Å². The van der Waals surface area contributed by atoms with E-state index in [4.69, 9.17) is 10.5 Å². The average Bonchev–Trinajstić information content (AvgIpc) is 2.38. The van der Waals surface area contributed by atoms with Crippen molar-refractivity contribution in [1.82, 2.24) is 0 Å². The third-order valence-corrected chi connectivity index (χ3v) is 3.77. The Morgan fingerprint density at radius 1 is 1.37 bits per heavy atom. The van der Waals surface area contributed by atoms with Crippen LogP contribution >= 0.6 is 0 Å². The molecule has 1 fully saturated rings. The van der Waals surface area contributed by atoms with Crippen LogP contribution in [0.1, 0.15) is 18.9 Å². The Hall–Kier alpha value is -1.39. The lowest BCUT2D eigenvalue weighted by Crippen LogP contribution is -2.58. The van der Waals surface area contributed by atoms with Gasteiger partial charge < -0.3 is 15.4 Å². The van der Waals surface area contributed by atoms with Gasteiger partial charge in [0.2, 0.25) is 5.91 Å². The molecule has 0 saturated carbocycles. The zero-order valence-electron chi connectivity index (χ0n) is 11.7. The van der Waals surface area contributed by atoms with Gasteiger partial charge in [-0.25, -0.2) is 0 Å². The highest BCUT2D eigenvalue weighted by molar-refractivity contribution is 5.98. The van der Waals surface area contributed by atoms with Gasteiger partial charge in [-0.2, -0.15) is 0 Å². The van der Waals surface area contributed by atoms with Crippen molar-refractivity contribution >= 4 is 11.6 Å². The van der Waals surface area contributed by atoms with Crippen LogP contribution in [0.2, 0.25) is 0 Å². The van der Waals surface area contributed by atoms with Crippen LogP contribution in [0.25, 0.3) is 0 Å². The number of benzene rings is 1. The summed E-state index contributed by atoms with van der Waals surface area (Å²) in [6, 6.07) is 8.14. The van der Waals surface area contributed by atoms with Gasteiger partial charge in [0.25, 0.3) is 0 Å². The van der Waals surface area contributed by atoms with E-state index in [2.05, 4.69) is 19.1 Å². The molecule has 1 aromatic carbocycles. The first-order valence-electron chi connectivity index (χ1n) is 6.78. The lowest BCUT2D eigenvalue weighted by Gasteiger charge is -2.41. The molecule has 1 saturated heterocycles. The topological polar surface area (TPSA) is 55.6 Å². The zero-order chi connectivity index (χ0) is 13.9. The van der Waals surface area contributed by atoms with Gasteiger partial charge in [-0.05, 0) is 24.1 Å². The monoisotopic (exact) mass is 262 g/mol. The normalized spacial score (nSPS) is 16.8. The molecule has 0 bridgehead atoms. The fourth-order valence-corrected chi connectivity index (χ4v) is 2.33. The number of aryl methyl sites for hydroxylation is 1. The summed E-state index contributed by atoms with van der Waals surface area (Å²) in [5, 5.41) is 0. The smallest absolute Gasteiger partial charge is 0.238 e. The number of carbonyl (C=O) groups excluding carboxylic acids is 1. The molecule has 2 N–H and O–H groups in total. The Morgan fingerprint density at radius 2 is 2.00 bits per heavy atom. The molecule has 0 radical (unpaired) electrons. The minimum atomic E-state index is -0.517. The summed E-state index contributed by atoms with van der Waals surface area (Å²) in [5.74, 6) is 0.0458. The highest BCUT2D eigenvalue weighted by Gasteiger charge is 2.46. The molecule has 1 heterocycles. The predicted molar refractivity (Wildman–Crippen MR) is 76.2 cm³/mol. The number of hydrogen-bond donors (Lipinski definition) is 1. The van der Waals surface area contributed by atoms with Crippen molar-refractivity contribution in [3.63, 3.8) is 0 Å². The minimum Gasteiger partial charge on any atom is -0.379 e. The molecular formula is C15H22N2O2. The van der Waals surface area contributed by atoms with E-state index in [1.807, 2.05) is 12.1 Å². The second-order valence-corrected chi connectivity index (χ2v) is 5.26. The minimum absolute atomic E-state index is 0.0458. The van der Waals surface area contributed by atoms with Gasteiger partial charge in [0.15, 0.2) is 0 Å². The van der Waals surface area contributed by atoms with Gasteiger partial charge in [0.05, 0.1) is 13.2 Å². The molecule has 0 atom stereocenters. The van der Waals surface area contributed by atoms with E-state index in [1.165, 1.54) is 5.56 Å². The van der Waals surface area contributed by atoms with Crippen LogP contribution in [0, 0.1) is 5.41 Å². The van der Waals surface area contributed by atoms with Gasteiger partial charge in [-0.3, -0.25) is 4.79 Å². The number of anilines is 1. The summed E-state index contributed by atoms with van der Waals surface area (Å²) in [6.07, 6.45) is 2.19. The largest absolute Gasteiger partial charge is 0.379 e. The SMILES string of the molecule is CCCc1ccc(N(C)C(=O)C2(CN)COC2)cc1. The standard InChI is InChI=1S/C15H22N2O2/c1-3-4-12-5-7-13(8-6-12)17(2)14(18)15(9-16)10-19-11-15/h5-8H,3-4,9-11,16H2,1-2H3. The van der Waals surface area contributed by atoms with E-state index in [9.17, 15) is 4.79 Å². The zero-order valence-corrected chi connectivity index (χ0v) is 11.7. The summed E-state index contributed by atoms with van der Waals surface area (Å²) >= 11 is 0. The van der Waals surface area contributed by atoms with E-state index < -0.39 is 5.41 Å². The van der Waals surface area contributed by atoms with Crippen molar-refractivity contribution in [2.45, 2.75) is 19.8 Å². The molecule has 19 heavy (non-hydrogen) atoms. The second-order valence-electron chi connectivity index (χ2n) is 5.26. The fourth-order valence-electron chi connectivity index (χ4n) is 2.33. The molecule has 1 aliphatic heterocycles. The predicted octanol–water partition coefficient (Wildman–Crippen LogP) is 1.58. The first-order valence-corrected chi connectivity index (χ1v) is 6.78. The van der Waals surface area contributed by atoms with Gasteiger partial charge in [-0.1, -0.05) is 25.5 Å². The maximum Gasteiger partial charge on any atom is 0.238 e.